The molecule has 0 bridgehead atoms. The molecule has 2 aromatic rings. The Kier molecular flexibility index (Phi) is 7.07. The van der Waals surface area contributed by atoms with Gasteiger partial charge in [-0.3, -0.25) is 14.6 Å². The summed E-state index contributed by atoms with van der Waals surface area (Å²) in [6.07, 6.45) is 1.10. The molecule has 188 valence electrons. The standard InChI is InChI=1S/C26H33N3O6/c1-17-22(34-4)12-19(13-23(17)35-5)15-28-8-6-26(7-9-28)24(30)29(25(31)27-26)16-18-10-20(32-2)14-21(11-18)33-3/h10-14H,6-9,15-16H2,1-5H3,(H,27,31). The summed E-state index contributed by atoms with van der Waals surface area (Å²) in [6.45, 7) is 4.20. The summed E-state index contributed by atoms with van der Waals surface area (Å²) >= 11 is 0. The van der Waals surface area contributed by atoms with Crippen molar-refractivity contribution >= 4 is 11.9 Å². The van der Waals surface area contributed by atoms with Crippen LogP contribution in [0.2, 0.25) is 0 Å². The fourth-order valence-electron chi connectivity index (χ4n) is 4.88. The third-order valence-corrected chi connectivity index (χ3v) is 6.93. The molecule has 9 heteroatoms. The quantitative estimate of drug-likeness (QED) is 0.577. The molecule has 0 aromatic heterocycles. The molecule has 2 aliphatic heterocycles. The number of carbonyl (C=O) groups is 2. The second-order valence-corrected chi connectivity index (χ2v) is 9.03. The zero-order valence-corrected chi connectivity index (χ0v) is 21.0. The van der Waals surface area contributed by atoms with E-state index >= 15 is 0 Å². The van der Waals surface area contributed by atoms with E-state index in [1.54, 1.807) is 46.6 Å². The van der Waals surface area contributed by atoms with E-state index in [2.05, 4.69) is 10.2 Å². The van der Waals surface area contributed by atoms with Gasteiger partial charge in [-0.2, -0.15) is 0 Å². The molecule has 1 spiro atoms. The first kappa shape index (κ1) is 24.7. The summed E-state index contributed by atoms with van der Waals surface area (Å²) in [6, 6.07) is 9.05. The van der Waals surface area contributed by atoms with Gasteiger partial charge in [-0.1, -0.05) is 0 Å². The highest BCUT2D eigenvalue weighted by molar-refractivity contribution is 6.07. The first-order valence-corrected chi connectivity index (χ1v) is 11.6. The number of rotatable bonds is 8. The molecule has 0 radical (unpaired) electrons. The molecule has 2 aromatic carbocycles. The highest BCUT2D eigenvalue weighted by atomic mass is 16.5. The molecule has 0 unspecified atom stereocenters. The first-order valence-electron chi connectivity index (χ1n) is 11.6. The molecule has 0 aliphatic carbocycles. The van der Waals surface area contributed by atoms with Crippen LogP contribution in [0.1, 0.15) is 29.5 Å². The second kappa shape index (κ2) is 10.0. The Morgan fingerprint density at radius 3 is 1.86 bits per heavy atom. The SMILES string of the molecule is COc1cc(CN2C(=O)NC3(CCN(Cc4cc(OC)c(C)c(OC)c4)CC3)C2=O)cc(OC)c1. The lowest BCUT2D eigenvalue weighted by atomic mass is 9.87. The number of piperidine rings is 1. The van der Waals surface area contributed by atoms with E-state index in [0.29, 0.717) is 44.0 Å². The minimum Gasteiger partial charge on any atom is -0.497 e. The third kappa shape index (κ3) is 4.86. The normalized spacial score (nSPS) is 17.5. The summed E-state index contributed by atoms with van der Waals surface area (Å²) in [7, 11) is 6.44. The van der Waals surface area contributed by atoms with E-state index in [4.69, 9.17) is 18.9 Å². The summed E-state index contributed by atoms with van der Waals surface area (Å²) in [4.78, 5) is 29.8. The zero-order valence-electron chi connectivity index (χ0n) is 21.0. The number of hydrogen-bond donors (Lipinski definition) is 1. The number of urea groups is 1. The number of benzene rings is 2. The molecule has 9 nitrogen and oxygen atoms in total. The summed E-state index contributed by atoms with van der Waals surface area (Å²) in [5.41, 5.74) is 1.94. The number of methoxy groups -OCH3 is 4. The van der Waals surface area contributed by atoms with Crippen molar-refractivity contribution in [3.63, 3.8) is 0 Å². The highest BCUT2D eigenvalue weighted by Gasteiger charge is 2.52. The van der Waals surface area contributed by atoms with Gasteiger partial charge in [0.05, 0.1) is 35.0 Å². The molecule has 2 saturated heterocycles. The van der Waals surface area contributed by atoms with Crippen LogP contribution in [-0.4, -0.2) is 68.8 Å². The second-order valence-electron chi connectivity index (χ2n) is 9.03. The van der Waals surface area contributed by atoms with Crippen molar-refractivity contribution in [1.82, 2.24) is 15.1 Å². The van der Waals surface area contributed by atoms with E-state index in [0.717, 1.165) is 28.2 Å². The number of carbonyl (C=O) groups excluding carboxylic acids is 2. The minimum absolute atomic E-state index is 0.159. The van der Waals surface area contributed by atoms with Crippen LogP contribution >= 0.6 is 0 Å². The Labute approximate surface area is 205 Å². The molecule has 3 amide bonds. The Morgan fingerprint density at radius 2 is 1.34 bits per heavy atom. The lowest BCUT2D eigenvalue weighted by Gasteiger charge is -2.37. The van der Waals surface area contributed by atoms with Gasteiger partial charge in [0.25, 0.3) is 5.91 Å². The average Bonchev–Trinajstić information content (AvgIpc) is 3.09. The Balaban J connectivity index is 1.43. The maximum absolute atomic E-state index is 13.4. The van der Waals surface area contributed by atoms with Crippen LogP contribution in [0.25, 0.3) is 0 Å². The van der Waals surface area contributed by atoms with E-state index in [-0.39, 0.29) is 18.5 Å². The maximum Gasteiger partial charge on any atom is 0.325 e. The van der Waals surface area contributed by atoms with Crippen molar-refractivity contribution in [1.29, 1.82) is 0 Å². The monoisotopic (exact) mass is 483 g/mol. The number of imide groups is 1. The van der Waals surface area contributed by atoms with Gasteiger partial charge in [0, 0.05) is 31.3 Å². The van der Waals surface area contributed by atoms with Crippen molar-refractivity contribution in [2.24, 2.45) is 0 Å². The predicted octanol–water partition coefficient (Wildman–Crippen LogP) is 3.12. The summed E-state index contributed by atoms with van der Waals surface area (Å²) < 4.78 is 21.6. The van der Waals surface area contributed by atoms with Crippen LogP contribution in [0.3, 0.4) is 0 Å². The van der Waals surface area contributed by atoms with Crippen LogP contribution < -0.4 is 24.3 Å². The Morgan fingerprint density at radius 1 is 0.800 bits per heavy atom. The number of nitrogens with one attached hydrogen (secondary N) is 1. The fourth-order valence-corrected chi connectivity index (χ4v) is 4.88. The molecular weight excluding hydrogens is 450 g/mol. The van der Waals surface area contributed by atoms with E-state index in [9.17, 15) is 9.59 Å². The lowest BCUT2D eigenvalue weighted by Crippen LogP contribution is -2.54. The van der Waals surface area contributed by atoms with Gasteiger partial charge in [0.1, 0.15) is 28.5 Å². The van der Waals surface area contributed by atoms with Crippen molar-refractivity contribution < 1.29 is 28.5 Å². The highest BCUT2D eigenvalue weighted by Crippen LogP contribution is 2.34. The molecule has 0 atom stereocenters. The maximum atomic E-state index is 13.4. The third-order valence-electron chi connectivity index (χ3n) is 6.93. The predicted molar refractivity (Wildman–Crippen MR) is 130 cm³/mol. The topological polar surface area (TPSA) is 89.6 Å². The number of likely N-dealkylation sites (tertiary alicyclic amines) is 1. The van der Waals surface area contributed by atoms with Gasteiger partial charge in [0.15, 0.2) is 0 Å². The van der Waals surface area contributed by atoms with E-state index in [1.807, 2.05) is 19.1 Å². The van der Waals surface area contributed by atoms with Crippen molar-refractivity contribution in [2.75, 3.05) is 41.5 Å². The number of ether oxygens (including phenoxy) is 4. The van der Waals surface area contributed by atoms with Crippen LogP contribution in [0.4, 0.5) is 4.79 Å². The molecule has 35 heavy (non-hydrogen) atoms. The number of hydrogen-bond acceptors (Lipinski definition) is 7. The van der Waals surface area contributed by atoms with Gasteiger partial charge in [0.2, 0.25) is 0 Å². The minimum atomic E-state index is -0.862. The van der Waals surface area contributed by atoms with Gasteiger partial charge in [-0.25, -0.2) is 4.79 Å². The van der Waals surface area contributed by atoms with Crippen molar-refractivity contribution in [3.8, 4) is 23.0 Å². The van der Waals surface area contributed by atoms with Gasteiger partial charge in [-0.05, 0) is 55.2 Å². The Bertz CT molecular complexity index is 1060. The largest absolute Gasteiger partial charge is 0.497 e. The van der Waals surface area contributed by atoms with E-state index < -0.39 is 5.54 Å². The summed E-state index contributed by atoms with van der Waals surface area (Å²) in [5, 5.41) is 2.98. The Hall–Kier alpha value is -3.46. The van der Waals surface area contributed by atoms with Crippen LogP contribution in [0, 0.1) is 6.92 Å². The molecule has 2 fully saturated rings. The smallest absolute Gasteiger partial charge is 0.325 e. The fraction of sp³-hybridized carbons (Fsp3) is 0.462. The van der Waals surface area contributed by atoms with Gasteiger partial charge >= 0.3 is 6.03 Å². The molecule has 1 N–H and O–H groups in total. The first-order chi connectivity index (χ1) is 16.8. The van der Waals surface area contributed by atoms with Crippen molar-refractivity contribution in [2.45, 2.75) is 38.4 Å². The van der Waals surface area contributed by atoms with E-state index in [1.165, 1.54) is 4.90 Å². The molecular formula is C26H33N3O6. The van der Waals surface area contributed by atoms with Gasteiger partial charge in [-0.15, -0.1) is 0 Å². The molecule has 0 saturated carbocycles. The van der Waals surface area contributed by atoms with Crippen molar-refractivity contribution in [3.05, 3.63) is 47.0 Å². The lowest BCUT2D eigenvalue weighted by molar-refractivity contribution is -0.133. The van der Waals surface area contributed by atoms with Crippen LogP contribution in [-0.2, 0) is 17.9 Å². The summed E-state index contributed by atoms with van der Waals surface area (Å²) in [5.74, 6) is 2.62. The molecule has 4 rings (SSSR count). The number of nitrogens with zero attached hydrogens (tertiary/aromatic N) is 2. The average molecular weight is 484 g/mol. The van der Waals surface area contributed by atoms with Crippen LogP contribution in [0.5, 0.6) is 23.0 Å². The zero-order chi connectivity index (χ0) is 25.2. The molecule has 2 heterocycles. The number of amides is 3. The van der Waals surface area contributed by atoms with Crippen LogP contribution in [0.15, 0.2) is 30.3 Å². The van der Waals surface area contributed by atoms with Gasteiger partial charge < -0.3 is 24.3 Å². The molecule has 2 aliphatic rings.